The summed E-state index contributed by atoms with van der Waals surface area (Å²) >= 11 is 0. The van der Waals surface area contributed by atoms with Crippen LogP contribution >= 0.6 is 0 Å². The number of carbonyl (C=O) groups excluding carboxylic acids is 2. The Labute approximate surface area is 182 Å². The van der Waals surface area contributed by atoms with Gasteiger partial charge in [-0.15, -0.1) is 0 Å². The third-order valence-corrected chi connectivity index (χ3v) is 6.18. The fourth-order valence-corrected chi connectivity index (χ4v) is 4.72. The highest BCUT2D eigenvalue weighted by molar-refractivity contribution is 5.88. The molecule has 1 amide bonds. The smallest absolute Gasteiger partial charge is 0.326 e. The Balaban J connectivity index is 1.70. The van der Waals surface area contributed by atoms with Crippen LogP contribution in [0.1, 0.15) is 46.0 Å². The lowest BCUT2D eigenvalue weighted by atomic mass is 9.84. The Morgan fingerprint density at radius 1 is 1.19 bits per heavy atom. The van der Waals surface area contributed by atoms with E-state index in [4.69, 9.17) is 9.47 Å². The maximum Gasteiger partial charge on any atom is 0.326 e. The van der Waals surface area contributed by atoms with Crippen molar-refractivity contribution >= 4 is 17.8 Å². The lowest BCUT2D eigenvalue weighted by Crippen LogP contribution is -2.56. The van der Waals surface area contributed by atoms with Crippen LogP contribution in [0.3, 0.4) is 0 Å². The Morgan fingerprint density at radius 2 is 1.90 bits per heavy atom. The monoisotopic (exact) mass is 432 g/mol. The third-order valence-electron chi connectivity index (χ3n) is 6.18. The van der Waals surface area contributed by atoms with Crippen molar-refractivity contribution in [2.24, 2.45) is 5.92 Å². The summed E-state index contributed by atoms with van der Waals surface area (Å²) in [6, 6.07) is 6.61. The number of hydrogen-bond donors (Lipinski definition) is 2. The summed E-state index contributed by atoms with van der Waals surface area (Å²) in [5.74, 6) is -0.939. The number of carboxylic acids is 1. The highest BCUT2D eigenvalue weighted by Gasteiger charge is 2.48. The van der Waals surface area contributed by atoms with Gasteiger partial charge in [0.2, 0.25) is 5.91 Å². The van der Waals surface area contributed by atoms with E-state index >= 15 is 0 Å². The summed E-state index contributed by atoms with van der Waals surface area (Å²) in [6.45, 7) is 3.58. The first kappa shape index (κ1) is 23.1. The van der Waals surface area contributed by atoms with E-state index in [0.717, 1.165) is 25.7 Å². The second-order valence-electron chi connectivity index (χ2n) is 8.26. The number of benzene rings is 1. The largest absolute Gasteiger partial charge is 0.491 e. The molecule has 170 valence electrons. The molecule has 0 bridgehead atoms. The molecule has 31 heavy (non-hydrogen) atoms. The summed E-state index contributed by atoms with van der Waals surface area (Å²) in [5.41, 5.74) is 0. The number of aliphatic carboxylic acids is 1. The summed E-state index contributed by atoms with van der Waals surface area (Å²) in [7, 11) is 0. The zero-order valence-electron chi connectivity index (χ0n) is 18.2. The number of nitrogens with zero attached hydrogens (tertiary/aromatic N) is 1. The van der Waals surface area contributed by atoms with E-state index in [-0.39, 0.29) is 31.1 Å². The van der Waals surface area contributed by atoms with Crippen molar-refractivity contribution in [2.45, 2.75) is 70.1 Å². The molecule has 1 aliphatic heterocycles. The van der Waals surface area contributed by atoms with Gasteiger partial charge in [0, 0.05) is 6.04 Å². The highest BCUT2D eigenvalue weighted by atomic mass is 16.5. The molecule has 3 unspecified atom stereocenters. The Morgan fingerprint density at radius 3 is 2.58 bits per heavy atom. The number of amides is 1. The average molecular weight is 433 g/mol. The van der Waals surface area contributed by atoms with Gasteiger partial charge in [-0.3, -0.25) is 14.9 Å². The van der Waals surface area contributed by atoms with Gasteiger partial charge in [0.05, 0.1) is 12.6 Å². The second kappa shape index (κ2) is 10.6. The van der Waals surface area contributed by atoms with E-state index in [9.17, 15) is 19.5 Å². The summed E-state index contributed by atoms with van der Waals surface area (Å²) in [6.07, 6.45) is 4.35. The molecule has 8 nitrogen and oxygen atoms in total. The number of hydrogen-bond acceptors (Lipinski definition) is 6. The number of para-hydroxylation sites is 1. The van der Waals surface area contributed by atoms with Gasteiger partial charge >= 0.3 is 11.9 Å². The van der Waals surface area contributed by atoms with E-state index in [1.165, 1.54) is 0 Å². The molecule has 1 saturated carbocycles. The van der Waals surface area contributed by atoms with E-state index in [1.807, 2.05) is 18.2 Å². The van der Waals surface area contributed by atoms with E-state index in [1.54, 1.807) is 30.9 Å². The molecule has 1 aromatic carbocycles. The van der Waals surface area contributed by atoms with Gasteiger partial charge < -0.3 is 19.5 Å². The first-order valence-electron chi connectivity index (χ1n) is 11.1. The van der Waals surface area contributed by atoms with Crippen molar-refractivity contribution in [2.75, 3.05) is 13.2 Å². The number of likely N-dealkylation sites (tertiary alicyclic amines) is 1. The first-order chi connectivity index (χ1) is 14.9. The normalized spacial score (nSPS) is 24.7. The highest BCUT2D eigenvalue weighted by Crippen LogP contribution is 2.40. The summed E-state index contributed by atoms with van der Waals surface area (Å²) < 4.78 is 10.8. The number of esters is 1. The van der Waals surface area contributed by atoms with Crippen LogP contribution in [0.4, 0.5) is 0 Å². The Hall–Kier alpha value is -2.61. The molecule has 1 heterocycles. The molecule has 8 heteroatoms. The standard InChI is InChI=1S/C23H32N2O6/c1-3-30-23(29)18(14-31-17-10-5-4-6-11-17)24-15(2)21(26)25-19-12-8-7-9-16(19)13-20(25)22(27)28/h4-6,10-11,15-16,18-20,24H,3,7-9,12-14H2,1-2H3,(H,27,28)/t15?,16?,18-,19?,20-/m0/s1. The molecule has 2 N–H and O–H groups in total. The maximum absolute atomic E-state index is 13.3. The topological polar surface area (TPSA) is 105 Å². The van der Waals surface area contributed by atoms with Crippen molar-refractivity contribution in [1.29, 1.82) is 0 Å². The van der Waals surface area contributed by atoms with Gasteiger partial charge in [-0.25, -0.2) is 4.79 Å². The minimum Gasteiger partial charge on any atom is -0.491 e. The van der Waals surface area contributed by atoms with Crippen molar-refractivity contribution in [1.82, 2.24) is 10.2 Å². The second-order valence-corrected chi connectivity index (χ2v) is 8.26. The van der Waals surface area contributed by atoms with Crippen LogP contribution in [-0.4, -0.2) is 65.2 Å². The Kier molecular flexibility index (Phi) is 7.90. The molecule has 1 saturated heterocycles. The fourth-order valence-electron chi connectivity index (χ4n) is 4.72. The minimum absolute atomic E-state index is 0.00508. The van der Waals surface area contributed by atoms with E-state index < -0.39 is 30.1 Å². The molecular formula is C23H32N2O6. The summed E-state index contributed by atoms with van der Waals surface area (Å²) in [4.78, 5) is 39.2. The average Bonchev–Trinajstić information content (AvgIpc) is 3.16. The van der Waals surface area contributed by atoms with Crippen LogP contribution in [0.25, 0.3) is 0 Å². The third kappa shape index (κ3) is 5.55. The zero-order chi connectivity index (χ0) is 22.4. The van der Waals surface area contributed by atoms with Gasteiger partial charge in [0.1, 0.15) is 24.4 Å². The molecular weight excluding hydrogens is 400 g/mol. The van der Waals surface area contributed by atoms with Crippen molar-refractivity contribution in [3.05, 3.63) is 30.3 Å². The minimum atomic E-state index is -0.968. The van der Waals surface area contributed by atoms with Crippen molar-refractivity contribution in [3.8, 4) is 5.75 Å². The maximum atomic E-state index is 13.3. The molecule has 1 aromatic rings. The first-order valence-corrected chi connectivity index (χ1v) is 11.1. The predicted molar refractivity (Wildman–Crippen MR) is 114 cm³/mol. The number of ether oxygens (including phenoxy) is 2. The van der Waals surface area contributed by atoms with Crippen molar-refractivity contribution in [3.63, 3.8) is 0 Å². The van der Waals surface area contributed by atoms with Gasteiger partial charge in [-0.05, 0) is 51.2 Å². The van der Waals surface area contributed by atoms with Crippen molar-refractivity contribution < 1.29 is 29.0 Å². The molecule has 2 fully saturated rings. The van der Waals surface area contributed by atoms with Crippen LogP contribution in [0.5, 0.6) is 5.75 Å². The van der Waals surface area contributed by atoms with Crippen LogP contribution in [-0.2, 0) is 19.1 Å². The van der Waals surface area contributed by atoms with Gasteiger partial charge in [-0.2, -0.15) is 0 Å². The van der Waals surface area contributed by atoms with Crippen LogP contribution < -0.4 is 10.1 Å². The number of nitrogens with one attached hydrogen (secondary N) is 1. The number of carboxylic acid groups (broad SMARTS) is 1. The fraction of sp³-hybridized carbons (Fsp3) is 0.609. The van der Waals surface area contributed by atoms with Crippen LogP contribution in [0.2, 0.25) is 0 Å². The van der Waals surface area contributed by atoms with Gasteiger partial charge in [0.15, 0.2) is 0 Å². The van der Waals surface area contributed by atoms with Crippen LogP contribution in [0, 0.1) is 5.92 Å². The Bertz CT molecular complexity index is 771. The zero-order valence-corrected chi connectivity index (χ0v) is 18.2. The lowest BCUT2D eigenvalue weighted by molar-refractivity contribution is -0.152. The molecule has 2 aliphatic rings. The molecule has 1 aliphatic carbocycles. The lowest BCUT2D eigenvalue weighted by Gasteiger charge is -2.35. The number of fused-ring (bicyclic) bond motifs is 1. The molecule has 0 aromatic heterocycles. The molecule has 0 radical (unpaired) electrons. The molecule has 0 spiro atoms. The quantitative estimate of drug-likeness (QED) is 0.577. The molecule has 3 rings (SSSR count). The SMILES string of the molecule is CCOC(=O)[C@H](COc1ccccc1)NC(C)C(=O)N1C2CCCCC2C[C@H]1C(=O)O. The van der Waals surface area contributed by atoms with E-state index in [2.05, 4.69) is 5.32 Å². The summed E-state index contributed by atoms with van der Waals surface area (Å²) in [5, 5.41) is 12.7. The number of rotatable bonds is 9. The van der Waals surface area contributed by atoms with E-state index in [0.29, 0.717) is 12.2 Å². The number of carbonyl (C=O) groups is 3. The van der Waals surface area contributed by atoms with Crippen LogP contribution in [0.15, 0.2) is 30.3 Å². The predicted octanol–water partition coefficient (Wildman–Crippen LogP) is 2.22. The van der Waals surface area contributed by atoms with Gasteiger partial charge in [-0.1, -0.05) is 31.0 Å². The van der Waals surface area contributed by atoms with Gasteiger partial charge in [0.25, 0.3) is 0 Å². The molecule has 5 atom stereocenters.